The molecule has 3 rings (SSSR count). The van der Waals surface area contributed by atoms with Crippen LogP contribution in [0.4, 0.5) is 14.5 Å². The highest BCUT2D eigenvalue weighted by atomic mass is 35.5. The number of halogens is 3. The lowest BCUT2D eigenvalue weighted by Crippen LogP contribution is -2.16. The summed E-state index contributed by atoms with van der Waals surface area (Å²) in [5.74, 6) is -0.236. The first-order valence-electron chi connectivity index (χ1n) is 6.41. The second kappa shape index (κ2) is 5.77. The van der Waals surface area contributed by atoms with Gasteiger partial charge in [-0.25, -0.2) is 8.78 Å². The summed E-state index contributed by atoms with van der Waals surface area (Å²) in [6, 6.07) is 7.13. The highest BCUT2D eigenvalue weighted by Gasteiger charge is 2.17. The Kier molecular flexibility index (Phi) is 3.84. The average Bonchev–Trinajstić information content (AvgIpc) is 2.47. The van der Waals surface area contributed by atoms with Gasteiger partial charge in [-0.3, -0.25) is 0 Å². The molecular formula is C15H12ClF2NO2. The Labute approximate surface area is 125 Å². The lowest BCUT2D eigenvalue weighted by atomic mass is 10.2. The molecule has 0 unspecified atom stereocenters. The van der Waals surface area contributed by atoms with Crippen molar-refractivity contribution in [3.8, 4) is 11.5 Å². The van der Waals surface area contributed by atoms with Gasteiger partial charge in [-0.1, -0.05) is 17.7 Å². The summed E-state index contributed by atoms with van der Waals surface area (Å²) in [5.41, 5.74) is 0.579. The van der Waals surface area contributed by atoms with Crippen molar-refractivity contribution in [2.45, 2.75) is 6.54 Å². The van der Waals surface area contributed by atoms with Crippen molar-refractivity contribution in [2.75, 3.05) is 18.5 Å². The molecule has 110 valence electrons. The zero-order chi connectivity index (χ0) is 14.8. The van der Waals surface area contributed by atoms with Gasteiger partial charge in [0.2, 0.25) is 0 Å². The Morgan fingerprint density at radius 2 is 1.81 bits per heavy atom. The number of rotatable bonds is 3. The molecule has 0 saturated heterocycles. The van der Waals surface area contributed by atoms with Gasteiger partial charge < -0.3 is 14.8 Å². The molecule has 1 N–H and O–H groups in total. The zero-order valence-electron chi connectivity index (χ0n) is 11.0. The second-order valence-electron chi connectivity index (χ2n) is 4.55. The summed E-state index contributed by atoms with van der Waals surface area (Å²) in [5, 5.41) is 3.14. The van der Waals surface area contributed by atoms with Gasteiger partial charge in [0, 0.05) is 6.54 Å². The average molecular weight is 312 g/mol. The molecule has 1 aliphatic rings. The number of hydrogen-bond donors (Lipinski definition) is 1. The Morgan fingerprint density at radius 3 is 2.57 bits per heavy atom. The van der Waals surface area contributed by atoms with E-state index in [0.717, 1.165) is 5.56 Å². The van der Waals surface area contributed by atoms with Gasteiger partial charge in [-0.05, 0) is 29.8 Å². The minimum absolute atomic E-state index is 0.163. The van der Waals surface area contributed by atoms with E-state index in [-0.39, 0.29) is 12.2 Å². The summed E-state index contributed by atoms with van der Waals surface area (Å²) in [4.78, 5) is 0. The molecule has 6 heteroatoms. The predicted molar refractivity (Wildman–Crippen MR) is 76.1 cm³/mol. The van der Waals surface area contributed by atoms with E-state index in [0.29, 0.717) is 29.7 Å². The summed E-state index contributed by atoms with van der Waals surface area (Å²) >= 11 is 6.11. The van der Waals surface area contributed by atoms with Crippen molar-refractivity contribution < 1.29 is 18.3 Å². The van der Waals surface area contributed by atoms with E-state index in [9.17, 15) is 8.78 Å². The Bertz CT molecular complexity index is 659. The van der Waals surface area contributed by atoms with Crippen LogP contribution in [0.5, 0.6) is 11.5 Å². The number of nitrogens with one attached hydrogen (secondary N) is 1. The van der Waals surface area contributed by atoms with Crippen molar-refractivity contribution in [2.24, 2.45) is 0 Å². The monoisotopic (exact) mass is 311 g/mol. The van der Waals surface area contributed by atoms with Gasteiger partial charge in [-0.15, -0.1) is 0 Å². The van der Waals surface area contributed by atoms with Crippen LogP contribution in [0.2, 0.25) is 5.02 Å². The zero-order valence-corrected chi connectivity index (χ0v) is 11.7. The number of ether oxygens (including phenoxy) is 2. The first-order chi connectivity index (χ1) is 10.1. The van der Waals surface area contributed by atoms with Crippen molar-refractivity contribution in [1.82, 2.24) is 0 Å². The highest BCUT2D eigenvalue weighted by Crippen LogP contribution is 2.38. The van der Waals surface area contributed by atoms with Gasteiger partial charge in [0.1, 0.15) is 30.5 Å². The third-order valence-electron chi connectivity index (χ3n) is 3.09. The van der Waals surface area contributed by atoms with E-state index in [2.05, 4.69) is 5.32 Å². The van der Waals surface area contributed by atoms with Gasteiger partial charge >= 0.3 is 0 Å². The SMILES string of the molecule is Fc1cccc(F)c1NCc1cc(Cl)c2c(c1)OCCO2. The van der Waals surface area contributed by atoms with Gasteiger partial charge in [0.05, 0.1) is 5.02 Å². The molecule has 0 fully saturated rings. The van der Waals surface area contributed by atoms with Crippen molar-refractivity contribution in [3.05, 3.63) is 52.6 Å². The Balaban J connectivity index is 1.81. The lowest BCUT2D eigenvalue weighted by molar-refractivity contribution is 0.171. The summed E-state index contributed by atoms with van der Waals surface area (Å²) < 4.78 is 37.9. The van der Waals surface area contributed by atoms with Gasteiger partial charge in [0.15, 0.2) is 11.5 Å². The number of benzene rings is 2. The van der Waals surface area contributed by atoms with E-state index >= 15 is 0 Å². The molecule has 21 heavy (non-hydrogen) atoms. The molecule has 0 aromatic heterocycles. The second-order valence-corrected chi connectivity index (χ2v) is 4.96. The fourth-order valence-corrected chi connectivity index (χ4v) is 2.41. The first kappa shape index (κ1) is 13.9. The van der Waals surface area contributed by atoms with Crippen molar-refractivity contribution in [1.29, 1.82) is 0 Å². The topological polar surface area (TPSA) is 30.5 Å². The van der Waals surface area contributed by atoms with Crippen LogP contribution in [0.25, 0.3) is 0 Å². The number of para-hydroxylation sites is 1. The molecule has 0 aliphatic carbocycles. The quantitative estimate of drug-likeness (QED) is 0.929. The smallest absolute Gasteiger partial charge is 0.179 e. The molecule has 0 atom stereocenters. The number of hydrogen-bond acceptors (Lipinski definition) is 3. The van der Waals surface area contributed by atoms with Gasteiger partial charge in [-0.2, -0.15) is 0 Å². The molecule has 0 bridgehead atoms. The summed E-state index contributed by atoms with van der Waals surface area (Å²) in [6.45, 7) is 1.11. The molecular weight excluding hydrogens is 300 g/mol. The van der Waals surface area contributed by atoms with Crippen LogP contribution in [-0.2, 0) is 6.54 Å². The van der Waals surface area contributed by atoms with E-state index < -0.39 is 11.6 Å². The first-order valence-corrected chi connectivity index (χ1v) is 6.79. The third-order valence-corrected chi connectivity index (χ3v) is 3.37. The third kappa shape index (κ3) is 2.88. The Morgan fingerprint density at radius 1 is 1.10 bits per heavy atom. The molecule has 3 nitrogen and oxygen atoms in total. The lowest BCUT2D eigenvalue weighted by Gasteiger charge is -2.20. The molecule has 0 radical (unpaired) electrons. The normalized spacial score (nSPS) is 13.1. The van der Waals surface area contributed by atoms with Crippen LogP contribution in [0.1, 0.15) is 5.56 Å². The van der Waals surface area contributed by atoms with Crippen LogP contribution in [0, 0.1) is 11.6 Å². The van der Waals surface area contributed by atoms with E-state index in [1.165, 1.54) is 18.2 Å². The molecule has 0 amide bonds. The number of fused-ring (bicyclic) bond motifs is 1. The molecule has 0 saturated carbocycles. The van der Waals surface area contributed by atoms with Crippen LogP contribution >= 0.6 is 11.6 Å². The standard InChI is InChI=1S/C15H12ClF2NO2/c16-10-6-9(7-13-15(10)21-5-4-20-13)8-19-14-11(17)2-1-3-12(14)18/h1-3,6-7,19H,4-5,8H2. The largest absolute Gasteiger partial charge is 0.486 e. The predicted octanol–water partition coefficient (Wildman–Crippen LogP) is 4.00. The maximum atomic E-state index is 13.5. The van der Waals surface area contributed by atoms with Crippen molar-refractivity contribution in [3.63, 3.8) is 0 Å². The molecule has 2 aromatic rings. The highest BCUT2D eigenvalue weighted by molar-refractivity contribution is 6.32. The van der Waals surface area contributed by atoms with Crippen molar-refractivity contribution >= 4 is 17.3 Å². The molecule has 1 heterocycles. The molecule has 2 aromatic carbocycles. The summed E-state index contributed by atoms with van der Waals surface area (Å²) in [7, 11) is 0. The molecule has 0 spiro atoms. The van der Waals surface area contributed by atoms with Crippen LogP contribution in [-0.4, -0.2) is 13.2 Å². The maximum Gasteiger partial charge on any atom is 0.179 e. The summed E-state index contributed by atoms with van der Waals surface area (Å²) in [6.07, 6.45) is 0. The minimum atomic E-state index is -0.640. The van der Waals surface area contributed by atoms with E-state index in [4.69, 9.17) is 21.1 Å². The van der Waals surface area contributed by atoms with Crippen LogP contribution < -0.4 is 14.8 Å². The van der Waals surface area contributed by atoms with E-state index in [1.807, 2.05) is 0 Å². The maximum absolute atomic E-state index is 13.5. The van der Waals surface area contributed by atoms with Crippen LogP contribution in [0.15, 0.2) is 30.3 Å². The van der Waals surface area contributed by atoms with Gasteiger partial charge in [0.25, 0.3) is 0 Å². The van der Waals surface area contributed by atoms with E-state index in [1.54, 1.807) is 12.1 Å². The fourth-order valence-electron chi connectivity index (χ4n) is 2.12. The minimum Gasteiger partial charge on any atom is -0.486 e. The fraction of sp³-hybridized carbons (Fsp3) is 0.200. The Hall–Kier alpha value is -2.01. The number of anilines is 1. The van der Waals surface area contributed by atoms with Crippen LogP contribution in [0.3, 0.4) is 0 Å². The molecule has 1 aliphatic heterocycles.